The largest absolute Gasteiger partial charge is 0.481 e. The van der Waals surface area contributed by atoms with Crippen molar-refractivity contribution in [1.82, 2.24) is 4.90 Å². The fourth-order valence-corrected chi connectivity index (χ4v) is 4.54. The summed E-state index contributed by atoms with van der Waals surface area (Å²) in [5.74, 6) is -0.161. The van der Waals surface area contributed by atoms with Crippen LogP contribution in [-0.4, -0.2) is 38.0 Å². The molecule has 0 saturated carbocycles. The molecule has 2 aromatic rings. The molecule has 1 aromatic heterocycles. The molecule has 5 nitrogen and oxygen atoms in total. The van der Waals surface area contributed by atoms with E-state index in [4.69, 9.17) is 33.3 Å². The second kappa shape index (κ2) is 8.46. The van der Waals surface area contributed by atoms with Crippen LogP contribution in [0.5, 0.6) is 0 Å². The highest BCUT2D eigenvalue weighted by Crippen LogP contribution is 2.33. The van der Waals surface area contributed by atoms with E-state index in [-0.39, 0.29) is 11.2 Å². The molecule has 2 atom stereocenters. The first kappa shape index (κ1) is 19.9. The molecule has 0 radical (unpaired) electrons. The van der Waals surface area contributed by atoms with Gasteiger partial charge in [-0.15, -0.1) is 0 Å². The number of rotatable bonds is 7. The molecule has 1 aromatic carbocycles. The zero-order chi connectivity index (χ0) is 19.6. The zero-order valence-electron chi connectivity index (χ0n) is 14.6. The van der Waals surface area contributed by atoms with Gasteiger partial charge in [-0.2, -0.15) is 0 Å². The number of hydrogen-bond donors (Lipinski definition) is 1. The molecule has 0 bridgehead atoms. The van der Waals surface area contributed by atoms with Crippen molar-refractivity contribution in [3.05, 3.63) is 47.2 Å². The number of benzene rings is 1. The number of thioether (sulfide) groups is 1. The Morgan fingerprint density at radius 2 is 2.11 bits per heavy atom. The van der Waals surface area contributed by atoms with Crippen LogP contribution in [0.25, 0.3) is 11.3 Å². The summed E-state index contributed by atoms with van der Waals surface area (Å²) in [5.41, 5.74) is 0.802. The number of amides is 1. The summed E-state index contributed by atoms with van der Waals surface area (Å²) in [5, 5.41) is 9.23. The molecule has 0 spiro atoms. The number of hydrogen-bond acceptors (Lipinski definition) is 5. The molecule has 2 heterocycles. The first-order chi connectivity index (χ1) is 12.9. The minimum Gasteiger partial charge on any atom is -0.481 e. The standard InChI is InChI=1S/C19H18ClNO4S2/c1-11(18(23)24)8-9-21-17(22)16(27-19(21)26)10-12-6-7-15(25-12)13-4-2-3-5-14(13)20/h2-7,11,16H,8-10H2,1H3,(H,23,24). The topological polar surface area (TPSA) is 70.8 Å². The molecule has 1 N–H and O–H groups in total. The van der Waals surface area contributed by atoms with Crippen LogP contribution in [0.4, 0.5) is 0 Å². The maximum atomic E-state index is 12.6. The quantitative estimate of drug-likeness (QED) is 0.662. The summed E-state index contributed by atoms with van der Waals surface area (Å²) >= 11 is 12.8. The Hall–Kier alpha value is -1.83. The van der Waals surface area contributed by atoms with Gasteiger partial charge in [0.25, 0.3) is 0 Å². The van der Waals surface area contributed by atoms with Crippen molar-refractivity contribution in [3.63, 3.8) is 0 Å². The molecule has 142 valence electrons. The molecule has 3 rings (SSSR count). The Balaban J connectivity index is 1.65. The van der Waals surface area contributed by atoms with Gasteiger partial charge in [0.1, 0.15) is 15.8 Å². The third kappa shape index (κ3) is 4.54. The van der Waals surface area contributed by atoms with E-state index in [9.17, 15) is 9.59 Å². The van der Waals surface area contributed by atoms with Gasteiger partial charge >= 0.3 is 5.97 Å². The average Bonchev–Trinajstić information content (AvgIpc) is 3.19. The van der Waals surface area contributed by atoms with E-state index >= 15 is 0 Å². The predicted octanol–water partition coefficient (Wildman–Crippen LogP) is 4.48. The highest BCUT2D eigenvalue weighted by Gasteiger charge is 2.37. The van der Waals surface area contributed by atoms with Gasteiger partial charge in [0.15, 0.2) is 0 Å². The van der Waals surface area contributed by atoms with Gasteiger partial charge in [-0.05, 0) is 30.7 Å². The second-order valence-corrected chi connectivity index (χ2v) is 8.58. The van der Waals surface area contributed by atoms with Crippen molar-refractivity contribution in [2.75, 3.05) is 6.54 Å². The number of carbonyl (C=O) groups excluding carboxylic acids is 1. The molecule has 2 unspecified atom stereocenters. The summed E-state index contributed by atoms with van der Waals surface area (Å²) in [6.45, 7) is 1.94. The Kier molecular flexibility index (Phi) is 6.24. The molecule has 1 fully saturated rings. The number of carbonyl (C=O) groups is 2. The van der Waals surface area contributed by atoms with Gasteiger partial charge in [0.2, 0.25) is 5.91 Å². The zero-order valence-corrected chi connectivity index (χ0v) is 16.9. The van der Waals surface area contributed by atoms with Crippen LogP contribution in [0.3, 0.4) is 0 Å². The maximum Gasteiger partial charge on any atom is 0.306 e. The van der Waals surface area contributed by atoms with Crippen LogP contribution < -0.4 is 0 Å². The van der Waals surface area contributed by atoms with E-state index in [0.29, 0.717) is 40.3 Å². The molecule has 1 amide bonds. The van der Waals surface area contributed by atoms with Crippen LogP contribution in [0.15, 0.2) is 40.8 Å². The summed E-state index contributed by atoms with van der Waals surface area (Å²) in [7, 11) is 0. The maximum absolute atomic E-state index is 12.6. The number of carboxylic acids is 1. The molecular weight excluding hydrogens is 406 g/mol. The molecule has 1 aliphatic rings. The molecule has 1 aliphatic heterocycles. The third-order valence-electron chi connectivity index (χ3n) is 4.40. The Labute approximate surface area is 171 Å². The van der Waals surface area contributed by atoms with E-state index in [1.165, 1.54) is 16.7 Å². The van der Waals surface area contributed by atoms with Gasteiger partial charge in [-0.25, -0.2) is 0 Å². The fourth-order valence-electron chi connectivity index (χ4n) is 2.75. The van der Waals surface area contributed by atoms with Gasteiger partial charge < -0.3 is 9.52 Å². The number of aliphatic carboxylic acids is 1. The lowest BCUT2D eigenvalue weighted by Gasteiger charge is -2.16. The number of nitrogens with zero attached hydrogens (tertiary/aromatic N) is 1. The molecule has 1 saturated heterocycles. The van der Waals surface area contributed by atoms with Crippen molar-refractivity contribution < 1.29 is 19.1 Å². The van der Waals surface area contributed by atoms with Crippen molar-refractivity contribution in [1.29, 1.82) is 0 Å². The third-order valence-corrected chi connectivity index (χ3v) is 6.31. The first-order valence-electron chi connectivity index (χ1n) is 8.45. The second-order valence-electron chi connectivity index (χ2n) is 6.34. The van der Waals surface area contributed by atoms with Gasteiger partial charge in [0.05, 0.1) is 16.2 Å². The van der Waals surface area contributed by atoms with Gasteiger partial charge in [-0.1, -0.05) is 54.6 Å². The highest BCUT2D eigenvalue weighted by molar-refractivity contribution is 8.24. The van der Waals surface area contributed by atoms with Crippen LogP contribution in [0.1, 0.15) is 19.1 Å². The lowest BCUT2D eigenvalue weighted by molar-refractivity contribution is -0.141. The van der Waals surface area contributed by atoms with Crippen LogP contribution >= 0.6 is 35.6 Å². The molecule has 0 aliphatic carbocycles. The van der Waals surface area contributed by atoms with Crippen LogP contribution in [0.2, 0.25) is 5.02 Å². The van der Waals surface area contributed by atoms with E-state index in [2.05, 4.69) is 0 Å². The normalized spacial score (nSPS) is 18.1. The number of carboxylic acid groups (broad SMARTS) is 1. The summed E-state index contributed by atoms with van der Waals surface area (Å²) in [6, 6.07) is 11.1. The van der Waals surface area contributed by atoms with Gasteiger partial charge in [0, 0.05) is 18.5 Å². The summed E-state index contributed by atoms with van der Waals surface area (Å²) in [6.07, 6.45) is 0.783. The average molecular weight is 424 g/mol. The highest BCUT2D eigenvalue weighted by atomic mass is 35.5. The van der Waals surface area contributed by atoms with E-state index in [1.807, 2.05) is 30.3 Å². The van der Waals surface area contributed by atoms with Crippen molar-refractivity contribution in [2.45, 2.75) is 25.0 Å². The van der Waals surface area contributed by atoms with Crippen molar-refractivity contribution in [3.8, 4) is 11.3 Å². The van der Waals surface area contributed by atoms with Gasteiger partial charge in [-0.3, -0.25) is 14.5 Å². The van der Waals surface area contributed by atoms with Crippen molar-refractivity contribution in [2.24, 2.45) is 5.92 Å². The minimum absolute atomic E-state index is 0.0988. The minimum atomic E-state index is -0.876. The number of thiocarbonyl (C=S) groups is 1. The van der Waals surface area contributed by atoms with E-state index < -0.39 is 11.9 Å². The monoisotopic (exact) mass is 423 g/mol. The number of halogens is 1. The first-order valence-corrected chi connectivity index (χ1v) is 10.1. The molecule has 27 heavy (non-hydrogen) atoms. The van der Waals surface area contributed by atoms with E-state index in [1.54, 1.807) is 13.0 Å². The van der Waals surface area contributed by atoms with Crippen LogP contribution in [-0.2, 0) is 16.0 Å². The smallest absolute Gasteiger partial charge is 0.306 e. The SMILES string of the molecule is CC(CCN1C(=O)C(Cc2ccc(-c3ccccc3Cl)o2)SC1=S)C(=O)O. The van der Waals surface area contributed by atoms with Crippen LogP contribution in [0, 0.1) is 5.92 Å². The Morgan fingerprint density at radius 1 is 1.37 bits per heavy atom. The molecule has 8 heteroatoms. The fraction of sp³-hybridized carbons (Fsp3) is 0.316. The Morgan fingerprint density at radius 3 is 2.81 bits per heavy atom. The Bertz CT molecular complexity index is 882. The summed E-state index contributed by atoms with van der Waals surface area (Å²) in [4.78, 5) is 25.1. The summed E-state index contributed by atoms with van der Waals surface area (Å²) < 4.78 is 6.36. The lowest BCUT2D eigenvalue weighted by Crippen LogP contribution is -2.34. The number of furan rings is 1. The van der Waals surface area contributed by atoms with Crippen molar-refractivity contribution >= 4 is 51.8 Å². The van der Waals surface area contributed by atoms with E-state index in [0.717, 1.165) is 5.56 Å². The predicted molar refractivity (Wildman–Crippen MR) is 110 cm³/mol. The molecular formula is C19H18ClNO4S2. The lowest BCUT2D eigenvalue weighted by atomic mass is 10.1.